The van der Waals surface area contributed by atoms with E-state index in [1.54, 1.807) is 7.11 Å². The number of nitrogens with zero attached hydrogens (tertiary/aromatic N) is 3. The van der Waals surface area contributed by atoms with Gasteiger partial charge in [0.1, 0.15) is 0 Å². The predicted octanol–water partition coefficient (Wildman–Crippen LogP) is 3.20. The largest absolute Gasteiger partial charge is 0.375 e. The number of ether oxygens (including phenoxy) is 1. The van der Waals surface area contributed by atoms with Gasteiger partial charge < -0.3 is 9.64 Å². The van der Waals surface area contributed by atoms with Crippen LogP contribution in [-0.2, 0) is 4.74 Å². The SMILES string of the molecule is COC(C)c1ncc(N2CCN(C3CC3)CC2)cc1C(C)C. The first-order valence-corrected chi connectivity index (χ1v) is 8.61. The Bertz CT molecular complexity index is 505. The number of hydrogen-bond acceptors (Lipinski definition) is 4. The van der Waals surface area contributed by atoms with Crippen molar-refractivity contribution in [3.05, 3.63) is 23.5 Å². The van der Waals surface area contributed by atoms with Crippen molar-refractivity contribution < 1.29 is 4.74 Å². The van der Waals surface area contributed by atoms with Crippen LogP contribution in [0.1, 0.15) is 56.9 Å². The molecule has 0 aromatic carbocycles. The van der Waals surface area contributed by atoms with Crippen LogP contribution in [0.4, 0.5) is 5.69 Å². The van der Waals surface area contributed by atoms with Crippen molar-refractivity contribution in [2.75, 3.05) is 38.2 Å². The number of aromatic nitrogens is 1. The monoisotopic (exact) mass is 303 g/mol. The van der Waals surface area contributed by atoms with Crippen LogP contribution < -0.4 is 4.90 Å². The first-order valence-electron chi connectivity index (χ1n) is 8.61. The summed E-state index contributed by atoms with van der Waals surface area (Å²) in [5.74, 6) is 0.466. The number of piperazine rings is 1. The Balaban J connectivity index is 1.75. The third kappa shape index (κ3) is 3.28. The number of rotatable bonds is 5. The first-order chi connectivity index (χ1) is 10.6. The van der Waals surface area contributed by atoms with Gasteiger partial charge in [0.15, 0.2) is 0 Å². The Morgan fingerprint density at radius 3 is 2.36 bits per heavy atom. The summed E-state index contributed by atoms with van der Waals surface area (Å²) < 4.78 is 5.48. The van der Waals surface area contributed by atoms with Crippen molar-refractivity contribution in [1.82, 2.24) is 9.88 Å². The van der Waals surface area contributed by atoms with Crippen molar-refractivity contribution in [2.45, 2.75) is 51.7 Å². The van der Waals surface area contributed by atoms with Gasteiger partial charge in [0.05, 0.1) is 23.7 Å². The molecule has 2 fully saturated rings. The van der Waals surface area contributed by atoms with Gasteiger partial charge in [-0.1, -0.05) is 13.8 Å². The van der Waals surface area contributed by atoms with Gasteiger partial charge in [-0.15, -0.1) is 0 Å². The molecule has 2 heterocycles. The minimum absolute atomic E-state index is 0.0539. The van der Waals surface area contributed by atoms with Crippen molar-refractivity contribution in [3.8, 4) is 0 Å². The van der Waals surface area contributed by atoms with Gasteiger partial charge >= 0.3 is 0 Å². The first kappa shape index (κ1) is 15.8. The zero-order chi connectivity index (χ0) is 15.7. The maximum atomic E-state index is 5.48. The van der Waals surface area contributed by atoms with Gasteiger partial charge in [-0.3, -0.25) is 9.88 Å². The molecule has 1 saturated heterocycles. The molecule has 0 spiro atoms. The van der Waals surface area contributed by atoms with Crippen LogP contribution in [0.5, 0.6) is 0 Å². The molecule has 0 radical (unpaired) electrons. The topological polar surface area (TPSA) is 28.6 Å². The summed E-state index contributed by atoms with van der Waals surface area (Å²) >= 11 is 0. The standard InChI is InChI=1S/C18H29N3O/c1-13(2)17-11-16(12-19-18(17)14(3)22-4)21-9-7-20(8-10-21)15-5-6-15/h11-15H,5-10H2,1-4H3. The summed E-state index contributed by atoms with van der Waals surface area (Å²) in [5, 5.41) is 0. The molecular weight excluding hydrogens is 274 g/mol. The van der Waals surface area contributed by atoms with Crippen LogP contribution >= 0.6 is 0 Å². The molecule has 1 saturated carbocycles. The predicted molar refractivity (Wildman–Crippen MR) is 90.6 cm³/mol. The maximum absolute atomic E-state index is 5.48. The molecule has 1 aromatic heterocycles. The van der Waals surface area contributed by atoms with Gasteiger partial charge in [-0.25, -0.2) is 0 Å². The van der Waals surface area contributed by atoms with E-state index in [2.05, 4.69) is 36.6 Å². The second-order valence-corrected chi connectivity index (χ2v) is 6.95. The summed E-state index contributed by atoms with van der Waals surface area (Å²) in [6.45, 7) is 11.2. The number of pyridine rings is 1. The lowest BCUT2D eigenvalue weighted by atomic mass is 9.98. The smallest absolute Gasteiger partial charge is 0.0965 e. The summed E-state index contributed by atoms with van der Waals surface area (Å²) in [7, 11) is 1.75. The van der Waals surface area contributed by atoms with Gasteiger partial charge in [0, 0.05) is 39.3 Å². The molecule has 4 nitrogen and oxygen atoms in total. The fourth-order valence-corrected chi connectivity index (χ4v) is 3.35. The molecule has 0 amide bonds. The molecule has 22 heavy (non-hydrogen) atoms. The average molecular weight is 303 g/mol. The molecule has 1 aromatic rings. The average Bonchev–Trinajstić information content (AvgIpc) is 3.38. The quantitative estimate of drug-likeness (QED) is 0.835. The second kappa shape index (κ2) is 6.55. The summed E-state index contributed by atoms with van der Waals surface area (Å²) in [5.41, 5.74) is 3.67. The Labute approximate surface area is 134 Å². The highest BCUT2D eigenvalue weighted by molar-refractivity contribution is 5.49. The fourth-order valence-electron chi connectivity index (χ4n) is 3.35. The second-order valence-electron chi connectivity index (χ2n) is 6.95. The minimum atomic E-state index is 0.0539. The molecule has 0 N–H and O–H groups in total. The molecular formula is C18H29N3O. The molecule has 3 rings (SSSR count). The fraction of sp³-hybridized carbons (Fsp3) is 0.722. The Hall–Kier alpha value is -1.13. The van der Waals surface area contributed by atoms with Crippen molar-refractivity contribution in [1.29, 1.82) is 0 Å². The Morgan fingerprint density at radius 1 is 1.14 bits per heavy atom. The zero-order valence-corrected chi connectivity index (χ0v) is 14.4. The molecule has 1 unspecified atom stereocenters. The Morgan fingerprint density at radius 2 is 1.82 bits per heavy atom. The molecule has 0 bridgehead atoms. The molecule has 1 aliphatic carbocycles. The van der Waals surface area contributed by atoms with Crippen LogP contribution in [-0.4, -0.2) is 49.2 Å². The van der Waals surface area contributed by atoms with Crippen LogP contribution in [0.25, 0.3) is 0 Å². The van der Waals surface area contributed by atoms with Crippen molar-refractivity contribution in [3.63, 3.8) is 0 Å². The highest BCUT2D eigenvalue weighted by Crippen LogP contribution is 2.31. The maximum Gasteiger partial charge on any atom is 0.0965 e. The summed E-state index contributed by atoms with van der Waals surface area (Å²) in [4.78, 5) is 9.86. The van der Waals surface area contributed by atoms with E-state index in [0.29, 0.717) is 5.92 Å². The third-order valence-corrected chi connectivity index (χ3v) is 5.04. The third-order valence-electron chi connectivity index (χ3n) is 5.04. The van der Waals surface area contributed by atoms with Crippen molar-refractivity contribution in [2.24, 2.45) is 0 Å². The number of methoxy groups -OCH3 is 1. The summed E-state index contributed by atoms with van der Waals surface area (Å²) in [6.07, 6.45) is 4.90. The van der Waals surface area contributed by atoms with E-state index in [-0.39, 0.29) is 6.10 Å². The van der Waals surface area contributed by atoms with E-state index in [1.807, 2.05) is 6.20 Å². The number of hydrogen-bond donors (Lipinski definition) is 0. The summed E-state index contributed by atoms with van der Waals surface area (Å²) in [6, 6.07) is 3.21. The molecule has 1 atom stereocenters. The van der Waals surface area contributed by atoms with Crippen LogP contribution in [0.2, 0.25) is 0 Å². The lowest BCUT2D eigenvalue weighted by Gasteiger charge is -2.36. The molecule has 122 valence electrons. The lowest BCUT2D eigenvalue weighted by molar-refractivity contribution is 0.115. The minimum Gasteiger partial charge on any atom is -0.375 e. The van der Waals surface area contributed by atoms with Gasteiger partial charge in [0.25, 0.3) is 0 Å². The van der Waals surface area contributed by atoms with E-state index in [1.165, 1.54) is 37.2 Å². The van der Waals surface area contributed by atoms with E-state index in [4.69, 9.17) is 9.72 Å². The highest BCUT2D eigenvalue weighted by atomic mass is 16.5. The number of anilines is 1. The highest BCUT2D eigenvalue weighted by Gasteiger charge is 2.31. The molecule has 2 aliphatic rings. The normalized spacial score (nSPS) is 21.4. The van der Waals surface area contributed by atoms with Crippen molar-refractivity contribution >= 4 is 5.69 Å². The van der Waals surface area contributed by atoms with E-state index in [0.717, 1.165) is 24.8 Å². The van der Waals surface area contributed by atoms with E-state index < -0.39 is 0 Å². The molecule has 1 aliphatic heterocycles. The molecule has 4 heteroatoms. The zero-order valence-electron chi connectivity index (χ0n) is 14.4. The van der Waals surface area contributed by atoms with Crippen LogP contribution in [0, 0.1) is 0 Å². The Kier molecular flexibility index (Phi) is 4.69. The van der Waals surface area contributed by atoms with Crippen LogP contribution in [0.3, 0.4) is 0 Å². The van der Waals surface area contributed by atoms with Gasteiger partial charge in [-0.2, -0.15) is 0 Å². The van der Waals surface area contributed by atoms with Gasteiger partial charge in [0.2, 0.25) is 0 Å². The van der Waals surface area contributed by atoms with Crippen LogP contribution in [0.15, 0.2) is 12.3 Å². The lowest BCUT2D eigenvalue weighted by Crippen LogP contribution is -2.47. The van der Waals surface area contributed by atoms with E-state index in [9.17, 15) is 0 Å². The van der Waals surface area contributed by atoms with Gasteiger partial charge in [-0.05, 0) is 37.3 Å². The van der Waals surface area contributed by atoms with E-state index >= 15 is 0 Å².